The number of hydrogen-bond acceptors (Lipinski definition) is 7. The highest BCUT2D eigenvalue weighted by Crippen LogP contribution is 2.36. The Morgan fingerprint density at radius 2 is 1.76 bits per heavy atom. The SMILES string of the molecule is O=S(=O)(CCC1OCCO1)c1cccc(N=Nc2c(O)ccc3ccccc23)c1. The molecule has 0 aliphatic carbocycles. The van der Waals surface area contributed by atoms with Crippen molar-refractivity contribution in [2.75, 3.05) is 19.0 Å². The van der Waals surface area contributed by atoms with Crippen LogP contribution in [0.25, 0.3) is 10.8 Å². The third-order valence-electron chi connectivity index (χ3n) is 4.63. The van der Waals surface area contributed by atoms with E-state index in [-0.39, 0.29) is 22.8 Å². The van der Waals surface area contributed by atoms with Crippen LogP contribution in [0.1, 0.15) is 6.42 Å². The fourth-order valence-electron chi connectivity index (χ4n) is 3.14. The molecule has 29 heavy (non-hydrogen) atoms. The summed E-state index contributed by atoms with van der Waals surface area (Å²) in [5.74, 6) is -0.0738. The van der Waals surface area contributed by atoms with Crippen molar-refractivity contribution in [1.82, 2.24) is 0 Å². The molecule has 8 heteroatoms. The fourth-order valence-corrected chi connectivity index (χ4v) is 4.46. The first-order valence-electron chi connectivity index (χ1n) is 9.21. The van der Waals surface area contributed by atoms with Crippen molar-refractivity contribution in [3.8, 4) is 5.75 Å². The lowest BCUT2D eigenvalue weighted by Crippen LogP contribution is -2.15. The molecule has 0 aromatic heterocycles. The molecule has 0 bridgehead atoms. The summed E-state index contributed by atoms with van der Waals surface area (Å²) in [6.45, 7) is 0.975. The minimum absolute atomic E-state index is 0.00721. The molecule has 3 aromatic carbocycles. The van der Waals surface area contributed by atoms with E-state index in [1.807, 2.05) is 24.3 Å². The number of nitrogens with zero attached hydrogens (tertiary/aromatic N) is 2. The van der Waals surface area contributed by atoms with E-state index in [1.165, 1.54) is 12.1 Å². The van der Waals surface area contributed by atoms with Crippen molar-refractivity contribution in [1.29, 1.82) is 0 Å². The predicted molar refractivity (Wildman–Crippen MR) is 109 cm³/mol. The van der Waals surface area contributed by atoms with E-state index in [0.29, 0.717) is 24.6 Å². The highest BCUT2D eigenvalue weighted by atomic mass is 32.2. The Morgan fingerprint density at radius 1 is 0.966 bits per heavy atom. The third kappa shape index (κ3) is 4.45. The molecule has 1 aliphatic heterocycles. The molecule has 3 aromatic rings. The minimum atomic E-state index is -3.51. The second kappa shape index (κ2) is 8.28. The number of azo groups is 1. The summed E-state index contributed by atoms with van der Waals surface area (Å²) < 4.78 is 35.8. The highest BCUT2D eigenvalue weighted by molar-refractivity contribution is 7.91. The monoisotopic (exact) mass is 412 g/mol. The Morgan fingerprint density at radius 3 is 2.59 bits per heavy atom. The van der Waals surface area contributed by atoms with Gasteiger partial charge >= 0.3 is 0 Å². The van der Waals surface area contributed by atoms with E-state index in [4.69, 9.17) is 9.47 Å². The second-order valence-electron chi connectivity index (χ2n) is 6.63. The van der Waals surface area contributed by atoms with Gasteiger partial charge in [0.05, 0.1) is 29.5 Å². The van der Waals surface area contributed by atoms with Gasteiger partial charge in [0.25, 0.3) is 0 Å². The lowest BCUT2D eigenvalue weighted by molar-refractivity contribution is -0.0424. The summed E-state index contributed by atoms with van der Waals surface area (Å²) in [5.41, 5.74) is 0.721. The van der Waals surface area contributed by atoms with Crippen LogP contribution in [0.2, 0.25) is 0 Å². The van der Waals surface area contributed by atoms with Crippen molar-refractivity contribution in [3.63, 3.8) is 0 Å². The number of phenols is 1. The van der Waals surface area contributed by atoms with E-state index < -0.39 is 16.1 Å². The van der Waals surface area contributed by atoms with E-state index in [2.05, 4.69) is 10.2 Å². The molecular formula is C21H20N2O5S. The van der Waals surface area contributed by atoms with Crippen molar-refractivity contribution < 1.29 is 23.0 Å². The van der Waals surface area contributed by atoms with Gasteiger partial charge in [-0.2, -0.15) is 5.11 Å². The average Bonchev–Trinajstić information content (AvgIpc) is 3.26. The molecule has 4 rings (SSSR count). The van der Waals surface area contributed by atoms with Crippen LogP contribution in [0.4, 0.5) is 11.4 Å². The van der Waals surface area contributed by atoms with Gasteiger partial charge in [-0.15, -0.1) is 5.11 Å². The minimum Gasteiger partial charge on any atom is -0.506 e. The summed E-state index contributed by atoms with van der Waals surface area (Å²) >= 11 is 0. The maximum atomic E-state index is 12.6. The smallest absolute Gasteiger partial charge is 0.178 e. The molecule has 1 saturated heterocycles. The van der Waals surface area contributed by atoms with Gasteiger partial charge in [-0.1, -0.05) is 36.4 Å². The van der Waals surface area contributed by atoms with Crippen LogP contribution in [-0.2, 0) is 19.3 Å². The number of ether oxygens (including phenoxy) is 2. The number of benzene rings is 3. The quantitative estimate of drug-likeness (QED) is 0.601. The van der Waals surface area contributed by atoms with Gasteiger partial charge in [0.15, 0.2) is 16.1 Å². The third-order valence-corrected chi connectivity index (χ3v) is 6.38. The van der Waals surface area contributed by atoms with E-state index in [9.17, 15) is 13.5 Å². The Bertz CT molecular complexity index is 1150. The Labute approximate surface area is 168 Å². The van der Waals surface area contributed by atoms with Crippen LogP contribution in [0.5, 0.6) is 5.75 Å². The lowest BCUT2D eigenvalue weighted by Gasteiger charge is -2.09. The van der Waals surface area contributed by atoms with Crippen molar-refractivity contribution in [2.24, 2.45) is 10.2 Å². The second-order valence-corrected chi connectivity index (χ2v) is 8.74. The van der Waals surface area contributed by atoms with Gasteiger partial charge in [0, 0.05) is 11.8 Å². The van der Waals surface area contributed by atoms with Gasteiger partial charge in [0.1, 0.15) is 11.4 Å². The predicted octanol–water partition coefficient (Wildman–Crippen LogP) is 4.50. The zero-order chi connectivity index (χ0) is 20.3. The maximum Gasteiger partial charge on any atom is 0.178 e. The molecule has 0 radical (unpaired) electrons. The largest absolute Gasteiger partial charge is 0.506 e. The Hall–Kier alpha value is -2.81. The number of sulfone groups is 1. The first-order valence-corrected chi connectivity index (χ1v) is 10.9. The summed E-state index contributed by atoms with van der Waals surface area (Å²) in [6.07, 6.45) is -0.195. The summed E-state index contributed by atoms with van der Waals surface area (Å²) in [5, 5.41) is 20.2. The molecule has 7 nitrogen and oxygen atoms in total. The normalized spacial score (nSPS) is 15.4. The van der Waals surface area contributed by atoms with Crippen LogP contribution >= 0.6 is 0 Å². The molecule has 150 valence electrons. The van der Waals surface area contributed by atoms with Crippen molar-refractivity contribution in [3.05, 3.63) is 60.7 Å². The molecule has 0 unspecified atom stereocenters. The number of aromatic hydroxyl groups is 1. The molecular weight excluding hydrogens is 392 g/mol. The molecule has 0 amide bonds. The van der Waals surface area contributed by atoms with Crippen molar-refractivity contribution in [2.45, 2.75) is 17.6 Å². The molecule has 1 heterocycles. The number of hydrogen-bond donors (Lipinski definition) is 1. The number of fused-ring (bicyclic) bond motifs is 1. The van der Waals surface area contributed by atoms with Gasteiger partial charge in [-0.25, -0.2) is 8.42 Å². The van der Waals surface area contributed by atoms with Gasteiger partial charge in [-0.3, -0.25) is 0 Å². The zero-order valence-corrected chi connectivity index (χ0v) is 16.4. The number of phenolic OH excluding ortho intramolecular Hbond substituents is 1. The molecule has 1 N–H and O–H groups in total. The highest BCUT2D eigenvalue weighted by Gasteiger charge is 2.21. The van der Waals surface area contributed by atoms with Gasteiger partial charge in [-0.05, 0) is 29.7 Å². The molecule has 0 saturated carbocycles. The molecule has 1 fully saturated rings. The van der Waals surface area contributed by atoms with E-state index in [1.54, 1.807) is 24.3 Å². The summed E-state index contributed by atoms with van der Waals surface area (Å²) in [7, 11) is -3.51. The summed E-state index contributed by atoms with van der Waals surface area (Å²) in [6, 6.07) is 17.1. The first-order chi connectivity index (χ1) is 14.0. The van der Waals surface area contributed by atoms with E-state index in [0.717, 1.165) is 10.8 Å². The maximum absolute atomic E-state index is 12.6. The molecule has 0 spiro atoms. The van der Waals surface area contributed by atoms with Crippen LogP contribution in [-0.4, -0.2) is 38.8 Å². The van der Waals surface area contributed by atoms with Crippen LogP contribution in [0, 0.1) is 0 Å². The standard InChI is InChI=1S/C21H20N2O5S/c24-19-9-8-15-4-1-2-7-18(15)21(19)23-22-16-5-3-6-17(14-16)29(25,26)13-10-20-27-11-12-28-20/h1-9,14,20,24H,10-13H2. The molecule has 0 atom stereocenters. The lowest BCUT2D eigenvalue weighted by atomic mass is 10.1. The summed E-state index contributed by atoms with van der Waals surface area (Å²) in [4.78, 5) is 0.161. The van der Waals surface area contributed by atoms with Crippen molar-refractivity contribution >= 4 is 32.0 Å². The van der Waals surface area contributed by atoms with Crippen LogP contribution in [0.15, 0.2) is 75.8 Å². The molecule has 1 aliphatic rings. The van der Waals surface area contributed by atoms with Crippen LogP contribution in [0.3, 0.4) is 0 Å². The van der Waals surface area contributed by atoms with E-state index >= 15 is 0 Å². The zero-order valence-electron chi connectivity index (χ0n) is 15.6. The number of rotatable bonds is 6. The first kappa shape index (κ1) is 19.5. The Balaban J connectivity index is 1.57. The average molecular weight is 412 g/mol. The van der Waals surface area contributed by atoms with Gasteiger partial charge in [0.2, 0.25) is 0 Å². The fraction of sp³-hybridized carbons (Fsp3) is 0.238. The van der Waals surface area contributed by atoms with Gasteiger partial charge < -0.3 is 14.6 Å². The Kier molecular flexibility index (Phi) is 5.57. The van der Waals surface area contributed by atoms with Crippen LogP contribution < -0.4 is 0 Å². The topological polar surface area (TPSA) is 97.6 Å².